The first kappa shape index (κ1) is 18.1. The molecule has 1 aromatic carbocycles. The van der Waals surface area contributed by atoms with Crippen LogP contribution in [0.15, 0.2) is 30.3 Å². The van der Waals surface area contributed by atoms with E-state index >= 15 is 0 Å². The maximum atomic E-state index is 12.3. The van der Waals surface area contributed by atoms with E-state index in [1.807, 2.05) is 30.3 Å². The van der Waals surface area contributed by atoms with Gasteiger partial charge in [-0.25, -0.2) is 0 Å². The van der Waals surface area contributed by atoms with Crippen molar-refractivity contribution in [2.24, 2.45) is 0 Å². The van der Waals surface area contributed by atoms with Gasteiger partial charge in [-0.3, -0.25) is 9.59 Å². The largest absolute Gasteiger partial charge is 0.349 e. The van der Waals surface area contributed by atoms with E-state index in [0.29, 0.717) is 5.13 Å². The normalized spacial score (nSPS) is 11.8. The lowest BCUT2D eigenvalue weighted by Crippen LogP contribution is -2.29. The Morgan fingerprint density at radius 2 is 1.96 bits per heavy atom. The maximum absolute atomic E-state index is 12.3. The third kappa shape index (κ3) is 5.73. The van der Waals surface area contributed by atoms with Crippen molar-refractivity contribution in [2.45, 2.75) is 45.6 Å². The van der Waals surface area contributed by atoms with E-state index < -0.39 is 0 Å². The second kappa shape index (κ2) is 9.12. The first-order valence-electron chi connectivity index (χ1n) is 8.02. The Bertz CT molecular complexity index is 672. The van der Waals surface area contributed by atoms with Gasteiger partial charge < -0.3 is 10.6 Å². The molecule has 1 aromatic heterocycles. The minimum Gasteiger partial charge on any atom is -0.349 e. The lowest BCUT2D eigenvalue weighted by atomic mass is 10.0. The van der Waals surface area contributed by atoms with E-state index in [9.17, 15) is 9.59 Å². The van der Waals surface area contributed by atoms with Gasteiger partial charge in [-0.15, -0.1) is 10.2 Å². The molecule has 6 nitrogen and oxygen atoms in total. The van der Waals surface area contributed by atoms with E-state index in [1.54, 1.807) is 0 Å². The van der Waals surface area contributed by atoms with E-state index in [0.717, 1.165) is 29.8 Å². The molecule has 0 saturated carbocycles. The van der Waals surface area contributed by atoms with Crippen LogP contribution in [0.1, 0.15) is 49.7 Å². The lowest BCUT2D eigenvalue weighted by molar-refractivity contribution is -0.120. The zero-order valence-corrected chi connectivity index (χ0v) is 14.7. The molecule has 24 heavy (non-hydrogen) atoms. The van der Waals surface area contributed by atoms with Gasteiger partial charge in [0.2, 0.25) is 16.9 Å². The molecule has 0 radical (unpaired) electrons. The Hall–Kier alpha value is -2.28. The summed E-state index contributed by atoms with van der Waals surface area (Å²) in [5.41, 5.74) is 0.892. The number of benzene rings is 1. The average molecular weight is 346 g/mol. The van der Waals surface area contributed by atoms with Crippen molar-refractivity contribution < 1.29 is 9.59 Å². The summed E-state index contributed by atoms with van der Waals surface area (Å²) in [6.07, 6.45) is 3.17. The number of nitrogens with one attached hydrogen (secondary N) is 2. The van der Waals surface area contributed by atoms with E-state index in [-0.39, 0.29) is 24.3 Å². The van der Waals surface area contributed by atoms with Gasteiger partial charge >= 0.3 is 0 Å². The van der Waals surface area contributed by atoms with Crippen molar-refractivity contribution in [1.29, 1.82) is 0 Å². The lowest BCUT2D eigenvalue weighted by Gasteiger charge is -2.17. The Morgan fingerprint density at radius 1 is 1.21 bits per heavy atom. The molecule has 0 spiro atoms. The molecule has 0 aliphatic rings. The van der Waals surface area contributed by atoms with Crippen molar-refractivity contribution in [3.05, 3.63) is 40.9 Å². The van der Waals surface area contributed by atoms with Crippen LogP contribution in [0.25, 0.3) is 0 Å². The highest BCUT2D eigenvalue weighted by Gasteiger charge is 2.18. The number of anilines is 1. The summed E-state index contributed by atoms with van der Waals surface area (Å²) in [5.74, 6) is -0.370. The van der Waals surface area contributed by atoms with Gasteiger partial charge in [-0.2, -0.15) is 0 Å². The molecule has 0 aliphatic carbocycles. The average Bonchev–Trinajstić information content (AvgIpc) is 3.00. The van der Waals surface area contributed by atoms with Crippen molar-refractivity contribution in [3.8, 4) is 0 Å². The van der Waals surface area contributed by atoms with Crippen LogP contribution in [-0.4, -0.2) is 22.0 Å². The molecule has 128 valence electrons. The van der Waals surface area contributed by atoms with Gasteiger partial charge in [0.05, 0.1) is 12.5 Å². The summed E-state index contributed by atoms with van der Waals surface area (Å²) in [6.45, 7) is 3.56. The summed E-state index contributed by atoms with van der Waals surface area (Å²) in [6, 6.07) is 9.08. The van der Waals surface area contributed by atoms with Gasteiger partial charge in [-0.1, -0.05) is 55.0 Å². The molecular formula is C17H22N4O2S. The van der Waals surface area contributed by atoms with Crippen LogP contribution in [-0.2, 0) is 16.0 Å². The fourth-order valence-corrected chi connectivity index (χ4v) is 3.07. The monoisotopic (exact) mass is 346 g/mol. The minimum atomic E-state index is -0.365. The molecule has 0 fully saturated rings. The molecule has 2 amide bonds. The molecule has 1 unspecified atom stereocenters. The first-order valence-corrected chi connectivity index (χ1v) is 8.84. The number of hydrogen-bond donors (Lipinski definition) is 2. The maximum Gasteiger partial charge on any atom is 0.228 e. The van der Waals surface area contributed by atoms with Crippen LogP contribution < -0.4 is 10.6 Å². The number of carbonyl (C=O) groups excluding carboxylic acids is 2. The fourth-order valence-electron chi connectivity index (χ4n) is 2.27. The predicted octanol–water partition coefficient (Wildman–Crippen LogP) is 3.09. The van der Waals surface area contributed by atoms with Gasteiger partial charge in [0.1, 0.15) is 5.01 Å². The highest BCUT2D eigenvalue weighted by Crippen LogP contribution is 2.20. The van der Waals surface area contributed by atoms with Crippen molar-refractivity contribution >= 4 is 28.3 Å². The highest BCUT2D eigenvalue weighted by atomic mass is 32.1. The van der Waals surface area contributed by atoms with Crippen LogP contribution in [0.4, 0.5) is 5.13 Å². The van der Waals surface area contributed by atoms with Crippen molar-refractivity contribution in [1.82, 2.24) is 15.5 Å². The van der Waals surface area contributed by atoms with Crippen molar-refractivity contribution in [3.63, 3.8) is 0 Å². The number of nitrogens with zero attached hydrogens (tertiary/aromatic N) is 2. The van der Waals surface area contributed by atoms with Gasteiger partial charge in [0.25, 0.3) is 0 Å². The SMILES string of the molecule is CCCCc1nnc(NC(=O)CC(NC(C)=O)c2ccccc2)s1. The standard InChI is InChI=1S/C17H22N4O2S/c1-3-4-10-16-20-21-17(24-16)19-15(23)11-14(18-12(2)22)13-8-6-5-7-9-13/h5-9,14H,3-4,10-11H2,1-2H3,(H,18,22)(H,19,21,23). The van der Waals surface area contributed by atoms with Crippen LogP contribution >= 0.6 is 11.3 Å². The number of amides is 2. The van der Waals surface area contributed by atoms with Gasteiger partial charge in [-0.05, 0) is 12.0 Å². The minimum absolute atomic E-state index is 0.146. The van der Waals surface area contributed by atoms with Crippen LogP contribution in [0, 0.1) is 0 Å². The summed E-state index contributed by atoms with van der Waals surface area (Å²) in [5, 5.41) is 15.1. The number of carbonyl (C=O) groups is 2. The molecule has 2 rings (SSSR count). The molecule has 7 heteroatoms. The molecule has 2 aromatic rings. The second-order valence-corrected chi connectivity index (χ2v) is 6.58. The third-order valence-corrected chi connectivity index (χ3v) is 4.32. The van der Waals surface area contributed by atoms with Crippen LogP contribution in [0.5, 0.6) is 0 Å². The Labute approximate surface area is 145 Å². The fraction of sp³-hybridized carbons (Fsp3) is 0.412. The molecule has 2 N–H and O–H groups in total. The van der Waals surface area contributed by atoms with Crippen LogP contribution in [0.2, 0.25) is 0 Å². The smallest absolute Gasteiger partial charge is 0.228 e. The van der Waals surface area contributed by atoms with Crippen molar-refractivity contribution in [2.75, 3.05) is 5.32 Å². The summed E-state index contributed by atoms with van der Waals surface area (Å²) >= 11 is 1.40. The van der Waals surface area contributed by atoms with Gasteiger partial charge in [0, 0.05) is 13.3 Å². The first-order chi connectivity index (χ1) is 11.6. The molecule has 0 bridgehead atoms. The van der Waals surface area contributed by atoms with E-state index in [4.69, 9.17) is 0 Å². The topological polar surface area (TPSA) is 84.0 Å². The Morgan fingerprint density at radius 3 is 2.62 bits per heavy atom. The number of aromatic nitrogens is 2. The van der Waals surface area contributed by atoms with E-state index in [1.165, 1.54) is 18.3 Å². The summed E-state index contributed by atoms with van der Waals surface area (Å²) in [4.78, 5) is 23.7. The van der Waals surface area contributed by atoms with E-state index in [2.05, 4.69) is 27.8 Å². The quantitative estimate of drug-likeness (QED) is 0.769. The number of unbranched alkanes of at least 4 members (excludes halogenated alkanes) is 1. The number of aryl methyl sites for hydroxylation is 1. The Balaban J connectivity index is 1.97. The zero-order chi connectivity index (χ0) is 17.4. The van der Waals surface area contributed by atoms with Gasteiger partial charge in [0.15, 0.2) is 0 Å². The molecular weight excluding hydrogens is 324 g/mol. The number of rotatable bonds is 8. The molecule has 1 heterocycles. The highest BCUT2D eigenvalue weighted by molar-refractivity contribution is 7.15. The molecule has 0 saturated heterocycles. The zero-order valence-electron chi connectivity index (χ0n) is 13.9. The summed E-state index contributed by atoms with van der Waals surface area (Å²) in [7, 11) is 0. The van der Waals surface area contributed by atoms with Crippen LogP contribution in [0.3, 0.4) is 0 Å². The number of hydrogen-bond acceptors (Lipinski definition) is 5. The second-order valence-electron chi connectivity index (χ2n) is 5.52. The third-order valence-electron chi connectivity index (χ3n) is 3.43. The Kier molecular flexibility index (Phi) is 6.87. The predicted molar refractivity (Wildman–Crippen MR) is 94.8 cm³/mol. The summed E-state index contributed by atoms with van der Waals surface area (Å²) < 4.78 is 0. The molecule has 0 aliphatic heterocycles. The molecule has 1 atom stereocenters.